The first-order chi connectivity index (χ1) is 17.5. The van der Waals surface area contributed by atoms with Crippen molar-refractivity contribution < 1.29 is 4.79 Å². The molecular formula is C27H24ClN7O. The molecule has 1 N–H and O–H groups in total. The molecule has 0 unspecified atom stereocenters. The van der Waals surface area contributed by atoms with E-state index in [0.29, 0.717) is 41.6 Å². The highest BCUT2D eigenvalue weighted by molar-refractivity contribution is 6.30. The summed E-state index contributed by atoms with van der Waals surface area (Å²) in [6.45, 7) is 0.467. The third-order valence-electron chi connectivity index (χ3n) is 5.87. The van der Waals surface area contributed by atoms with E-state index >= 15 is 0 Å². The van der Waals surface area contributed by atoms with E-state index < -0.39 is 0 Å². The molecule has 0 aliphatic carbocycles. The van der Waals surface area contributed by atoms with E-state index in [1.165, 1.54) is 0 Å². The monoisotopic (exact) mass is 497 g/mol. The molecule has 0 radical (unpaired) electrons. The minimum atomic E-state index is -0.151. The Bertz CT molecular complexity index is 1500. The summed E-state index contributed by atoms with van der Waals surface area (Å²) in [5.74, 6) is 1.21. The number of aromatic nitrogens is 2. The van der Waals surface area contributed by atoms with Crippen molar-refractivity contribution in [2.45, 2.75) is 12.8 Å². The summed E-state index contributed by atoms with van der Waals surface area (Å²) in [5, 5.41) is 17.1. The van der Waals surface area contributed by atoms with Crippen molar-refractivity contribution in [2.75, 3.05) is 30.9 Å². The lowest BCUT2D eigenvalue weighted by molar-refractivity contribution is 0.102. The molecule has 180 valence electrons. The summed E-state index contributed by atoms with van der Waals surface area (Å²) >= 11 is 6.56. The topological polar surface area (TPSA) is 95.2 Å². The largest absolute Gasteiger partial charge is 0.362 e. The maximum atomic E-state index is 12.8. The predicted octanol–water partition coefficient (Wildman–Crippen LogP) is 5.56. The van der Waals surface area contributed by atoms with Gasteiger partial charge in [-0.1, -0.05) is 54.1 Å². The Morgan fingerprint density at radius 1 is 0.972 bits per heavy atom. The second-order valence-corrected chi connectivity index (χ2v) is 9.11. The van der Waals surface area contributed by atoms with Gasteiger partial charge in [-0.25, -0.2) is 9.97 Å². The smallest absolute Gasteiger partial charge is 0.255 e. The molecule has 8 nitrogen and oxygen atoms in total. The Kier molecular flexibility index (Phi) is 6.69. The summed E-state index contributed by atoms with van der Waals surface area (Å²) in [7, 11) is 3.84. The molecule has 3 aromatic carbocycles. The summed E-state index contributed by atoms with van der Waals surface area (Å²) in [5.41, 5.74) is 3.97. The van der Waals surface area contributed by atoms with E-state index in [1.807, 2.05) is 85.7 Å². The molecule has 1 amide bonds. The lowest BCUT2D eigenvalue weighted by Crippen LogP contribution is -2.18. The van der Waals surface area contributed by atoms with Gasteiger partial charge < -0.3 is 10.2 Å². The van der Waals surface area contributed by atoms with Crippen LogP contribution in [0.1, 0.15) is 27.3 Å². The van der Waals surface area contributed by atoms with Gasteiger partial charge in [-0.3, -0.25) is 4.79 Å². The van der Waals surface area contributed by atoms with Gasteiger partial charge in [0.25, 0.3) is 5.91 Å². The highest BCUT2D eigenvalue weighted by atomic mass is 35.5. The zero-order valence-corrected chi connectivity index (χ0v) is 20.7. The molecule has 0 fully saturated rings. The van der Waals surface area contributed by atoms with Gasteiger partial charge in [0.1, 0.15) is 23.3 Å². The van der Waals surface area contributed by atoms with Crippen molar-refractivity contribution in [2.24, 2.45) is 15.4 Å². The predicted molar refractivity (Wildman–Crippen MR) is 143 cm³/mol. The van der Waals surface area contributed by atoms with Crippen LogP contribution in [0.4, 0.5) is 11.5 Å². The molecule has 1 aliphatic heterocycles. The van der Waals surface area contributed by atoms with Gasteiger partial charge in [-0.15, -0.1) is 5.10 Å². The average molecular weight is 498 g/mol. The molecule has 0 saturated heterocycles. The first kappa shape index (κ1) is 23.6. The van der Waals surface area contributed by atoms with Crippen molar-refractivity contribution in [1.29, 1.82) is 0 Å². The van der Waals surface area contributed by atoms with E-state index in [1.54, 1.807) is 0 Å². The molecule has 1 aromatic heterocycles. The number of hydrogen-bond donors (Lipinski definition) is 1. The average Bonchev–Trinajstić information content (AvgIpc) is 3.39. The lowest BCUT2D eigenvalue weighted by atomic mass is 10.1. The third kappa shape index (κ3) is 5.23. The maximum Gasteiger partial charge on any atom is 0.255 e. The third-order valence-corrected chi connectivity index (χ3v) is 6.19. The minimum absolute atomic E-state index is 0.151. The number of anilines is 2. The van der Waals surface area contributed by atoms with Gasteiger partial charge >= 0.3 is 0 Å². The van der Waals surface area contributed by atoms with Crippen LogP contribution in [0.2, 0.25) is 5.15 Å². The number of carbonyl (C=O) groups excluding carboxylic acids is 1. The van der Waals surface area contributed by atoms with Crippen LogP contribution in [0.3, 0.4) is 0 Å². The van der Waals surface area contributed by atoms with Crippen LogP contribution in [0, 0.1) is 0 Å². The molecule has 5 rings (SSSR count). The summed E-state index contributed by atoms with van der Waals surface area (Å²) < 4.78 is 0. The van der Waals surface area contributed by atoms with Gasteiger partial charge in [-0.05, 0) is 45.8 Å². The number of amides is 1. The molecular weight excluding hydrogens is 474 g/mol. The number of hydrogen-bond acceptors (Lipinski definition) is 7. The molecule has 0 bridgehead atoms. The van der Waals surface area contributed by atoms with Crippen LogP contribution in [-0.4, -0.2) is 42.2 Å². The lowest BCUT2D eigenvalue weighted by Gasteiger charge is -2.18. The van der Waals surface area contributed by atoms with Crippen molar-refractivity contribution in [3.05, 3.63) is 94.4 Å². The van der Waals surface area contributed by atoms with Gasteiger partial charge in [-0.2, -0.15) is 5.11 Å². The van der Waals surface area contributed by atoms with Crippen LogP contribution in [0.5, 0.6) is 0 Å². The zero-order valence-electron chi connectivity index (χ0n) is 19.9. The van der Waals surface area contributed by atoms with Gasteiger partial charge in [0, 0.05) is 43.8 Å². The number of halogens is 1. The van der Waals surface area contributed by atoms with Crippen LogP contribution < -0.4 is 10.2 Å². The van der Waals surface area contributed by atoms with Crippen LogP contribution in [0.25, 0.3) is 10.8 Å². The highest BCUT2D eigenvalue weighted by Crippen LogP contribution is 2.26. The fourth-order valence-electron chi connectivity index (χ4n) is 4.05. The molecule has 0 saturated carbocycles. The van der Waals surface area contributed by atoms with Gasteiger partial charge in [0.05, 0.1) is 5.71 Å². The zero-order chi connectivity index (χ0) is 25.1. The highest BCUT2D eigenvalue weighted by Gasteiger charge is 2.18. The molecule has 1 aliphatic rings. The summed E-state index contributed by atoms with van der Waals surface area (Å²) in [6, 6.07) is 21.3. The molecule has 4 aromatic rings. The van der Waals surface area contributed by atoms with E-state index in [4.69, 9.17) is 16.6 Å². The molecule has 9 heteroatoms. The van der Waals surface area contributed by atoms with Crippen LogP contribution in [-0.2, 0) is 12.8 Å². The van der Waals surface area contributed by atoms with E-state index in [9.17, 15) is 4.79 Å². The fourth-order valence-corrected chi connectivity index (χ4v) is 4.30. The second-order valence-electron chi connectivity index (χ2n) is 8.75. The number of fused-ring (bicyclic) bond motifs is 1. The number of nitrogens with zero attached hydrogens (tertiary/aromatic N) is 6. The quantitative estimate of drug-likeness (QED) is 0.338. The van der Waals surface area contributed by atoms with E-state index in [0.717, 1.165) is 33.4 Å². The Morgan fingerprint density at radius 2 is 1.75 bits per heavy atom. The SMILES string of the molecule is CN(C)c1nc(Cc2ccc(NC(=O)c3ccc4ccccc4c3)cc2)nc(Cl)c1CC1=NN=NC1. The van der Waals surface area contributed by atoms with Gasteiger partial charge in [0.2, 0.25) is 0 Å². The minimum Gasteiger partial charge on any atom is -0.362 e. The number of benzene rings is 3. The summed E-state index contributed by atoms with van der Waals surface area (Å²) in [6.07, 6.45) is 1.01. The van der Waals surface area contributed by atoms with Crippen molar-refractivity contribution >= 4 is 45.5 Å². The van der Waals surface area contributed by atoms with Crippen LogP contribution >= 0.6 is 11.6 Å². The molecule has 2 heterocycles. The molecule has 0 spiro atoms. The Labute approximate surface area is 213 Å². The first-order valence-electron chi connectivity index (χ1n) is 11.5. The Hall–Kier alpha value is -4.17. The number of rotatable bonds is 7. The van der Waals surface area contributed by atoms with E-state index in [2.05, 4.69) is 25.7 Å². The number of nitrogens with one attached hydrogen (secondary N) is 1. The maximum absolute atomic E-state index is 12.8. The first-order valence-corrected chi connectivity index (χ1v) is 11.9. The van der Waals surface area contributed by atoms with Crippen molar-refractivity contribution in [3.63, 3.8) is 0 Å². The normalized spacial score (nSPS) is 12.6. The van der Waals surface area contributed by atoms with Crippen molar-refractivity contribution in [1.82, 2.24) is 9.97 Å². The van der Waals surface area contributed by atoms with Crippen molar-refractivity contribution in [3.8, 4) is 0 Å². The summed E-state index contributed by atoms with van der Waals surface area (Å²) in [4.78, 5) is 24.0. The Balaban J connectivity index is 1.29. The second kappa shape index (κ2) is 10.2. The molecule has 36 heavy (non-hydrogen) atoms. The Morgan fingerprint density at radius 3 is 2.47 bits per heavy atom. The number of carbonyl (C=O) groups is 1. The molecule has 0 atom stereocenters. The van der Waals surface area contributed by atoms with E-state index in [-0.39, 0.29) is 5.91 Å². The van der Waals surface area contributed by atoms with Crippen LogP contribution in [0.15, 0.2) is 82.2 Å². The fraction of sp³-hybridized carbons (Fsp3) is 0.185. The van der Waals surface area contributed by atoms with Gasteiger partial charge in [0.15, 0.2) is 0 Å². The standard InChI is InChI=1S/C27H24ClN7O/c1-35(2)26-23(15-22-16-29-34-33-22)25(28)31-24(32-26)13-17-7-11-21(12-8-17)30-27(36)20-10-9-18-5-3-4-6-19(18)14-20/h3-12,14H,13,15-16H2,1-2H3,(H,30,36).